The quantitative estimate of drug-likeness (QED) is 0.705. The molecule has 0 aliphatic rings. The number of nitriles is 1. The van der Waals surface area contributed by atoms with Crippen LogP contribution in [-0.2, 0) is 6.42 Å². The van der Waals surface area contributed by atoms with Crippen molar-refractivity contribution in [1.82, 2.24) is 4.98 Å². The lowest BCUT2D eigenvalue weighted by molar-refractivity contribution is 1.21. The van der Waals surface area contributed by atoms with E-state index in [-0.39, 0.29) is 6.42 Å². The molecule has 0 fully saturated rings. The van der Waals surface area contributed by atoms with Crippen LogP contribution in [-0.4, -0.2) is 4.98 Å². The largest absolute Gasteiger partial charge is 0.238 e. The molecule has 4 nitrogen and oxygen atoms in total. The highest BCUT2D eigenvalue weighted by Gasteiger charge is 2.07. The van der Waals surface area contributed by atoms with Gasteiger partial charge in [0.25, 0.3) is 0 Å². The van der Waals surface area contributed by atoms with Gasteiger partial charge in [0.1, 0.15) is 16.2 Å². The van der Waals surface area contributed by atoms with Crippen LogP contribution in [0.15, 0.2) is 23.4 Å². The van der Waals surface area contributed by atoms with Gasteiger partial charge in [0.15, 0.2) is 0 Å². The van der Waals surface area contributed by atoms with Crippen LogP contribution in [0.25, 0.3) is 10.2 Å². The highest BCUT2D eigenvalue weighted by Crippen LogP contribution is 2.29. The molecule has 0 radical (unpaired) electrons. The third kappa shape index (κ3) is 1.36. The molecule has 2 aromatic rings. The third-order valence-corrected chi connectivity index (χ3v) is 2.79. The molecule has 0 atom stereocenters. The minimum absolute atomic E-state index is 0.275. The Hall–Kier alpha value is -1.80. The van der Waals surface area contributed by atoms with Crippen molar-refractivity contribution >= 4 is 27.2 Å². The first-order valence-corrected chi connectivity index (χ1v) is 4.75. The first-order chi connectivity index (χ1) is 6.85. The average Bonchev–Trinajstić information content (AvgIpc) is 2.60. The lowest BCUT2D eigenvalue weighted by Gasteiger charge is -1.88. The number of benzene rings is 1. The van der Waals surface area contributed by atoms with E-state index in [0.717, 1.165) is 9.71 Å². The molecule has 2 rings (SSSR count). The van der Waals surface area contributed by atoms with Gasteiger partial charge < -0.3 is 0 Å². The van der Waals surface area contributed by atoms with E-state index in [1.54, 1.807) is 12.1 Å². The van der Waals surface area contributed by atoms with Crippen LogP contribution in [0.4, 0.5) is 5.69 Å². The summed E-state index contributed by atoms with van der Waals surface area (Å²) in [4.78, 5) is 14.6. The second kappa shape index (κ2) is 3.52. The van der Waals surface area contributed by atoms with E-state index in [1.807, 2.05) is 12.1 Å². The van der Waals surface area contributed by atoms with E-state index in [9.17, 15) is 4.91 Å². The number of rotatable bonds is 2. The van der Waals surface area contributed by atoms with Gasteiger partial charge in [-0.05, 0) is 17.3 Å². The van der Waals surface area contributed by atoms with Crippen molar-refractivity contribution in [3.05, 3.63) is 28.1 Å². The highest BCUT2D eigenvalue weighted by atomic mass is 32.1. The number of fused-ring (bicyclic) bond motifs is 1. The molecule has 0 saturated carbocycles. The molecule has 14 heavy (non-hydrogen) atoms. The monoisotopic (exact) mass is 203 g/mol. The molecule has 0 aliphatic heterocycles. The summed E-state index contributed by atoms with van der Waals surface area (Å²) in [5.74, 6) is 0. The molecule has 1 heterocycles. The van der Waals surface area contributed by atoms with Crippen molar-refractivity contribution in [2.75, 3.05) is 0 Å². The Morgan fingerprint density at radius 3 is 3.14 bits per heavy atom. The Kier molecular flexibility index (Phi) is 2.21. The molecule has 0 saturated heterocycles. The van der Waals surface area contributed by atoms with Crippen LogP contribution in [0.2, 0.25) is 0 Å². The van der Waals surface area contributed by atoms with E-state index < -0.39 is 0 Å². The first-order valence-electron chi connectivity index (χ1n) is 3.94. The van der Waals surface area contributed by atoms with Crippen molar-refractivity contribution < 1.29 is 0 Å². The van der Waals surface area contributed by atoms with Crippen LogP contribution < -0.4 is 0 Å². The molecule has 0 bridgehead atoms. The predicted octanol–water partition coefficient (Wildman–Crippen LogP) is 2.76. The van der Waals surface area contributed by atoms with Crippen LogP contribution in [0.5, 0.6) is 0 Å². The number of aromatic nitrogens is 1. The van der Waals surface area contributed by atoms with Gasteiger partial charge in [-0.1, -0.05) is 6.07 Å². The number of thiazole rings is 1. The van der Waals surface area contributed by atoms with E-state index in [1.165, 1.54) is 11.3 Å². The van der Waals surface area contributed by atoms with Gasteiger partial charge in [0.2, 0.25) is 0 Å². The summed E-state index contributed by atoms with van der Waals surface area (Å²) >= 11 is 1.42. The van der Waals surface area contributed by atoms with Gasteiger partial charge in [0.05, 0.1) is 17.2 Å². The second-order valence-electron chi connectivity index (χ2n) is 2.66. The summed E-state index contributed by atoms with van der Waals surface area (Å²) in [5.41, 5.74) is 0.931. The van der Waals surface area contributed by atoms with E-state index in [0.29, 0.717) is 11.2 Å². The average molecular weight is 203 g/mol. The fraction of sp³-hybridized carbons (Fsp3) is 0.111. The molecule has 1 aromatic heterocycles. The molecule has 0 unspecified atom stereocenters. The molecule has 0 amide bonds. The predicted molar refractivity (Wildman–Crippen MR) is 54.4 cm³/mol. The van der Waals surface area contributed by atoms with E-state index in [4.69, 9.17) is 5.26 Å². The van der Waals surface area contributed by atoms with Crippen LogP contribution in [0.1, 0.15) is 5.01 Å². The third-order valence-electron chi connectivity index (χ3n) is 1.77. The molecular formula is C9H5N3OS. The van der Waals surface area contributed by atoms with E-state index >= 15 is 0 Å². The van der Waals surface area contributed by atoms with Crippen LogP contribution >= 0.6 is 11.3 Å². The maximum absolute atomic E-state index is 10.4. The van der Waals surface area contributed by atoms with Crippen molar-refractivity contribution in [1.29, 1.82) is 5.26 Å². The lowest BCUT2D eigenvalue weighted by Crippen LogP contribution is -1.76. The number of nitrogens with zero attached hydrogens (tertiary/aromatic N) is 3. The molecule has 0 aliphatic carbocycles. The Labute approximate surface area is 83.8 Å². The topological polar surface area (TPSA) is 66.1 Å². The SMILES string of the molecule is N#CCc1nc2c(N=O)cccc2s1. The Balaban J connectivity index is 2.65. The summed E-state index contributed by atoms with van der Waals surface area (Å²) in [6, 6.07) is 7.26. The second-order valence-corrected chi connectivity index (χ2v) is 3.77. The summed E-state index contributed by atoms with van der Waals surface area (Å²) in [7, 11) is 0. The summed E-state index contributed by atoms with van der Waals surface area (Å²) < 4.78 is 0.896. The molecule has 0 N–H and O–H groups in total. The van der Waals surface area contributed by atoms with Crippen molar-refractivity contribution in [3.8, 4) is 6.07 Å². The lowest BCUT2D eigenvalue weighted by atomic mass is 10.3. The van der Waals surface area contributed by atoms with Gasteiger partial charge >= 0.3 is 0 Å². The van der Waals surface area contributed by atoms with Crippen molar-refractivity contribution in [3.63, 3.8) is 0 Å². The van der Waals surface area contributed by atoms with E-state index in [2.05, 4.69) is 10.2 Å². The van der Waals surface area contributed by atoms with Crippen molar-refractivity contribution in [2.24, 2.45) is 5.18 Å². The molecular weight excluding hydrogens is 198 g/mol. The van der Waals surface area contributed by atoms with Crippen LogP contribution in [0, 0.1) is 16.2 Å². The van der Waals surface area contributed by atoms with Crippen LogP contribution in [0.3, 0.4) is 0 Å². The number of nitroso groups, excluding NO2 is 1. The van der Waals surface area contributed by atoms with Gasteiger partial charge in [-0.3, -0.25) is 0 Å². The Morgan fingerprint density at radius 2 is 2.43 bits per heavy atom. The smallest absolute Gasteiger partial charge is 0.135 e. The van der Waals surface area contributed by atoms with Crippen molar-refractivity contribution in [2.45, 2.75) is 6.42 Å². The molecule has 68 valence electrons. The first kappa shape index (κ1) is 8.78. The zero-order chi connectivity index (χ0) is 9.97. The zero-order valence-corrected chi connectivity index (χ0v) is 7.91. The molecule has 1 aromatic carbocycles. The summed E-state index contributed by atoms with van der Waals surface area (Å²) in [6.07, 6.45) is 0.275. The Bertz CT molecular complexity index is 526. The molecule has 0 spiro atoms. The minimum Gasteiger partial charge on any atom is -0.238 e. The molecule has 5 heteroatoms. The Morgan fingerprint density at radius 1 is 1.57 bits per heavy atom. The standard InChI is InChI=1S/C9H5N3OS/c10-5-4-8-11-9-6(12-13)2-1-3-7(9)14-8/h1-3H,4H2. The van der Waals surface area contributed by atoms with Gasteiger partial charge in [-0.25, -0.2) is 4.98 Å². The van der Waals surface area contributed by atoms with Gasteiger partial charge in [0, 0.05) is 0 Å². The maximum atomic E-state index is 10.4. The zero-order valence-electron chi connectivity index (χ0n) is 7.10. The summed E-state index contributed by atoms with van der Waals surface area (Å²) in [6.45, 7) is 0. The minimum atomic E-state index is 0.275. The fourth-order valence-corrected chi connectivity index (χ4v) is 2.12. The normalized spacial score (nSPS) is 9.93. The van der Waals surface area contributed by atoms with Gasteiger partial charge in [-0.15, -0.1) is 16.2 Å². The summed E-state index contributed by atoms with van der Waals surface area (Å²) in [5, 5.41) is 12.1. The number of hydrogen-bond acceptors (Lipinski definition) is 5. The number of hydrogen-bond donors (Lipinski definition) is 0. The maximum Gasteiger partial charge on any atom is 0.135 e. The highest BCUT2D eigenvalue weighted by molar-refractivity contribution is 7.18. The van der Waals surface area contributed by atoms with Gasteiger partial charge in [-0.2, -0.15) is 5.26 Å². The fourth-order valence-electron chi connectivity index (χ4n) is 1.20. The number of para-hydroxylation sites is 1.